The normalized spacial score (nSPS) is 16.2. The predicted octanol–water partition coefficient (Wildman–Crippen LogP) is 4.84. The molecule has 0 saturated carbocycles. The summed E-state index contributed by atoms with van der Waals surface area (Å²) in [6.45, 7) is 4.33. The number of aromatic amines is 1. The van der Waals surface area contributed by atoms with E-state index >= 15 is 0 Å². The molecule has 3 aromatic rings. The first-order valence-corrected chi connectivity index (χ1v) is 9.43. The van der Waals surface area contributed by atoms with Crippen molar-refractivity contribution in [2.24, 2.45) is 5.41 Å². The molecule has 0 bridgehead atoms. The molecule has 4 rings (SSSR count). The summed E-state index contributed by atoms with van der Waals surface area (Å²) in [5.41, 5.74) is 3.06. The summed E-state index contributed by atoms with van der Waals surface area (Å²) in [6, 6.07) is 5.92. The van der Waals surface area contributed by atoms with Crippen LogP contribution in [0.15, 0.2) is 45.9 Å². The van der Waals surface area contributed by atoms with E-state index in [2.05, 4.69) is 29.0 Å². The fourth-order valence-electron chi connectivity index (χ4n) is 3.14. The lowest BCUT2D eigenvalue weighted by molar-refractivity contribution is 0.0910. The quantitative estimate of drug-likeness (QED) is 0.730. The van der Waals surface area contributed by atoms with Gasteiger partial charge in [-0.2, -0.15) is 5.10 Å². The van der Waals surface area contributed by atoms with Gasteiger partial charge in [0, 0.05) is 35.5 Å². The van der Waals surface area contributed by atoms with Crippen LogP contribution in [0.3, 0.4) is 0 Å². The minimum absolute atomic E-state index is 0.00146. The summed E-state index contributed by atoms with van der Waals surface area (Å²) in [5, 5.41) is 7.13. The number of carbonyl (C=O) groups excluding carboxylic acids is 1. The van der Waals surface area contributed by atoms with E-state index in [-0.39, 0.29) is 11.2 Å². The molecule has 3 aromatic heterocycles. The maximum atomic E-state index is 12.9. The molecular formula is C18H17N3OS2. The Morgan fingerprint density at radius 2 is 1.96 bits per heavy atom. The van der Waals surface area contributed by atoms with Gasteiger partial charge in [0.2, 0.25) is 0 Å². The molecule has 3 heterocycles. The highest BCUT2D eigenvalue weighted by Crippen LogP contribution is 2.49. The number of nitrogens with one attached hydrogen (secondary N) is 1. The summed E-state index contributed by atoms with van der Waals surface area (Å²) in [5.74, 6) is 0.250. The molecule has 1 aliphatic carbocycles. The standard InChI is InChI=1S/C18H17N3OS2/c1-18(2)9-12-15(14(22)10-18)17(23-11-3-6-19-7-4-11)24-16(12)13-5-8-20-21-13/h3-8H,9-10H2,1-2H3,(H,20,21). The fourth-order valence-corrected chi connectivity index (χ4v) is 5.70. The Morgan fingerprint density at radius 3 is 2.67 bits per heavy atom. The van der Waals surface area contributed by atoms with Gasteiger partial charge in [0.05, 0.1) is 14.8 Å². The second-order valence-corrected chi connectivity index (χ2v) is 9.13. The molecule has 1 N–H and O–H groups in total. The molecule has 0 fully saturated rings. The van der Waals surface area contributed by atoms with Crippen LogP contribution in [-0.2, 0) is 6.42 Å². The highest BCUT2D eigenvalue weighted by molar-refractivity contribution is 8.01. The van der Waals surface area contributed by atoms with Gasteiger partial charge >= 0.3 is 0 Å². The number of carbonyl (C=O) groups is 1. The SMILES string of the molecule is CC1(C)CC(=O)c2c(Sc3ccncc3)sc(-c3ccn[nH]3)c2C1. The van der Waals surface area contributed by atoms with Gasteiger partial charge in [-0.1, -0.05) is 25.6 Å². The zero-order chi connectivity index (χ0) is 16.7. The summed E-state index contributed by atoms with van der Waals surface area (Å²) in [4.78, 5) is 19.2. The van der Waals surface area contributed by atoms with Crippen molar-refractivity contribution < 1.29 is 4.79 Å². The van der Waals surface area contributed by atoms with Crippen molar-refractivity contribution in [2.45, 2.75) is 35.8 Å². The van der Waals surface area contributed by atoms with Crippen LogP contribution in [0.1, 0.15) is 36.2 Å². The van der Waals surface area contributed by atoms with Gasteiger partial charge in [-0.3, -0.25) is 14.9 Å². The van der Waals surface area contributed by atoms with Crippen molar-refractivity contribution >= 4 is 28.9 Å². The van der Waals surface area contributed by atoms with Crippen molar-refractivity contribution in [2.75, 3.05) is 0 Å². The number of fused-ring (bicyclic) bond motifs is 1. The van der Waals surface area contributed by atoms with E-state index in [0.717, 1.165) is 31.7 Å². The topological polar surface area (TPSA) is 58.6 Å². The first kappa shape index (κ1) is 15.6. The van der Waals surface area contributed by atoms with Crippen molar-refractivity contribution in [3.8, 4) is 10.6 Å². The Hall–Kier alpha value is -1.92. The predicted molar refractivity (Wildman–Crippen MR) is 96.7 cm³/mol. The minimum atomic E-state index is -0.00146. The maximum absolute atomic E-state index is 12.9. The highest BCUT2D eigenvalue weighted by atomic mass is 32.2. The largest absolute Gasteiger partial charge is 0.294 e. The van der Waals surface area contributed by atoms with Gasteiger partial charge in [0.15, 0.2) is 5.78 Å². The highest BCUT2D eigenvalue weighted by Gasteiger charge is 2.36. The van der Waals surface area contributed by atoms with Crippen LogP contribution in [-0.4, -0.2) is 21.0 Å². The maximum Gasteiger partial charge on any atom is 0.165 e. The van der Waals surface area contributed by atoms with E-state index in [9.17, 15) is 4.79 Å². The Labute approximate surface area is 148 Å². The molecule has 1 aliphatic rings. The number of ketones is 1. The second-order valence-electron chi connectivity index (χ2n) is 6.77. The lowest BCUT2D eigenvalue weighted by Crippen LogP contribution is -2.26. The first-order chi connectivity index (χ1) is 11.5. The van der Waals surface area contributed by atoms with E-state index in [1.807, 2.05) is 18.2 Å². The molecule has 0 saturated heterocycles. The molecule has 0 spiro atoms. The summed E-state index contributed by atoms with van der Waals surface area (Å²) in [7, 11) is 0. The van der Waals surface area contributed by atoms with Gasteiger partial charge in [-0.15, -0.1) is 11.3 Å². The zero-order valence-corrected chi connectivity index (χ0v) is 15.1. The molecule has 6 heteroatoms. The average molecular weight is 355 g/mol. The Morgan fingerprint density at radius 1 is 1.17 bits per heavy atom. The third-order valence-electron chi connectivity index (χ3n) is 4.15. The average Bonchev–Trinajstić information content (AvgIpc) is 3.15. The number of hydrogen-bond donors (Lipinski definition) is 1. The number of hydrogen-bond acceptors (Lipinski definition) is 5. The lowest BCUT2D eigenvalue weighted by atomic mass is 9.74. The van der Waals surface area contributed by atoms with Gasteiger partial charge in [-0.25, -0.2) is 0 Å². The Kier molecular flexibility index (Phi) is 3.81. The third-order valence-corrected chi connectivity index (χ3v) is 6.61. The monoisotopic (exact) mass is 355 g/mol. The van der Waals surface area contributed by atoms with Crippen molar-refractivity contribution in [3.05, 3.63) is 47.9 Å². The third kappa shape index (κ3) is 2.80. The molecule has 122 valence electrons. The summed E-state index contributed by atoms with van der Waals surface area (Å²) < 4.78 is 1.07. The van der Waals surface area contributed by atoms with Crippen LogP contribution < -0.4 is 0 Å². The minimum Gasteiger partial charge on any atom is -0.294 e. The van der Waals surface area contributed by atoms with E-state index in [1.54, 1.807) is 41.7 Å². The van der Waals surface area contributed by atoms with Gasteiger partial charge in [-0.05, 0) is 35.6 Å². The smallest absolute Gasteiger partial charge is 0.165 e. The van der Waals surface area contributed by atoms with Crippen LogP contribution in [0.25, 0.3) is 10.6 Å². The van der Waals surface area contributed by atoms with E-state index in [0.29, 0.717) is 6.42 Å². The fraction of sp³-hybridized carbons (Fsp3) is 0.278. The molecule has 4 nitrogen and oxygen atoms in total. The number of nitrogens with zero attached hydrogens (tertiary/aromatic N) is 2. The molecule has 0 radical (unpaired) electrons. The van der Waals surface area contributed by atoms with E-state index in [1.165, 1.54) is 5.56 Å². The van der Waals surface area contributed by atoms with Gasteiger partial charge in [0.25, 0.3) is 0 Å². The van der Waals surface area contributed by atoms with Crippen molar-refractivity contribution in [3.63, 3.8) is 0 Å². The molecule has 24 heavy (non-hydrogen) atoms. The number of pyridine rings is 1. The summed E-state index contributed by atoms with van der Waals surface area (Å²) >= 11 is 3.33. The number of thiophene rings is 1. The lowest BCUT2D eigenvalue weighted by Gasteiger charge is -2.29. The number of aromatic nitrogens is 3. The second kappa shape index (κ2) is 5.86. The Balaban J connectivity index is 1.85. The molecule has 0 aliphatic heterocycles. The van der Waals surface area contributed by atoms with E-state index in [4.69, 9.17) is 0 Å². The van der Waals surface area contributed by atoms with E-state index < -0.39 is 0 Å². The molecule has 0 atom stereocenters. The van der Waals surface area contributed by atoms with Crippen LogP contribution in [0.5, 0.6) is 0 Å². The number of H-pyrrole nitrogens is 1. The number of Topliss-reactive ketones (excluding diaryl/α,β-unsaturated/α-hetero) is 1. The van der Waals surface area contributed by atoms with Crippen LogP contribution in [0.2, 0.25) is 0 Å². The zero-order valence-electron chi connectivity index (χ0n) is 13.5. The summed E-state index contributed by atoms with van der Waals surface area (Å²) in [6.07, 6.45) is 6.83. The van der Waals surface area contributed by atoms with Crippen molar-refractivity contribution in [1.82, 2.24) is 15.2 Å². The Bertz CT molecular complexity index is 883. The molecule has 0 amide bonds. The van der Waals surface area contributed by atoms with Gasteiger partial charge in [0.1, 0.15) is 0 Å². The van der Waals surface area contributed by atoms with Gasteiger partial charge < -0.3 is 0 Å². The molecule has 0 aromatic carbocycles. The van der Waals surface area contributed by atoms with Crippen LogP contribution >= 0.6 is 23.1 Å². The van der Waals surface area contributed by atoms with Crippen molar-refractivity contribution in [1.29, 1.82) is 0 Å². The first-order valence-electron chi connectivity index (χ1n) is 7.80. The molecular weight excluding hydrogens is 338 g/mol. The van der Waals surface area contributed by atoms with Crippen LogP contribution in [0, 0.1) is 5.41 Å². The number of rotatable bonds is 3. The molecule has 0 unspecified atom stereocenters. The van der Waals surface area contributed by atoms with Crippen LogP contribution in [0.4, 0.5) is 0 Å².